The summed E-state index contributed by atoms with van der Waals surface area (Å²) >= 11 is 0. The summed E-state index contributed by atoms with van der Waals surface area (Å²) in [5.74, 6) is 0.353. The van der Waals surface area contributed by atoms with Gasteiger partial charge in [0.25, 0.3) is 0 Å². The third kappa shape index (κ3) is 2.49. The van der Waals surface area contributed by atoms with Crippen molar-refractivity contribution in [1.29, 1.82) is 0 Å². The molecule has 4 nitrogen and oxygen atoms in total. The lowest BCUT2D eigenvalue weighted by atomic mass is 9.70. The van der Waals surface area contributed by atoms with Crippen LogP contribution in [0.1, 0.15) is 44.2 Å². The first kappa shape index (κ1) is 16.5. The Kier molecular flexibility index (Phi) is 3.63. The molecule has 0 radical (unpaired) electrons. The van der Waals surface area contributed by atoms with Crippen molar-refractivity contribution >= 4 is 21.5 Å². The number of Topliss-reactive ketones (excluding diaryl/α,β-unsaturated/α-hetero) is 1. The number of aryl methyl sites for hydroxylation is 2. The van der Waals surface area contributed by atoms with Crippen LogP contribution in [0.15, 0.2) is 18.2 Å². The summed E-state index contributed by atoms with van der Waals surface area (Å²) in [6.45, 7) is 7.98. The highest BCUT2D eigenvalue weighted by Gasteiger charge is 2.65. The number of carbonyl (C=O) groups is 1. The molecular formula is C18H25NO3S. The van der Waals surface area contributed by atoms with Gasteiger partial charge >= 0.3 is 0 Å². The molecule has 2 aliphatic rings. The lowest BCUT2D eigenvalue weighted by Gasteiger charge is -2.36. The van der Waals surface area contributed by atoms with Crippen molar-refractivity contribution < 1.29 is 13.2 Å². The monoisotopic (exact) mass is 335 g/mol. The van der Waals surface area contributed by atoms with Crippen molar-refractivity contribution in [2.75, 3.05) is 10.5 Å². The topological polar surface area (TPSA) is 63.2 Å². The average molecular weight is 335 g/mol. The normalized spacial score (nSPS) is 29.0. The molecular weight excluding hydrogens is 310 g/mol. The highest BCUT2D eigenvalue weighted by molar-refractivity contribution is 7.92. The predicted molar refractivity (Wildman–Crippen MR) is 91.9 cm³/mol. The Bertz CT molecular complexity index is 766. The van der Waals surface area contributed by atoms with E-state index < -0.39 is 15.4 Å². The Hall–Kier alpha value is -1.36. The van der Waals surface area contributed by atoms with Crippen molar-refractivity contribution in [2.24, 2.45) is 16.7 Å². The number of hydrogen-bond acceptors (Lipinski definition) is 3. The molecule has 2 aliphatic carbocycles. The van der Waals surface area contributed by atoms with Gasteiger partial charge in [-0.2, -0.15) is 0 Å². The number of anilines is 1. The van der Waals surface area contributed by atoms with Crippen LogP contribution in [0.25, 0.3) is 0 Å². The van der Waals surface area contributed by atoms with Crippen molar-refractivity contribution in [3.8, 4) is 0 Å². The summed E-state index contributed by atoms with van der Waals surface area (Å²) in [7, 11) is -3.57. The van der Waals surface area contributed by atoms with E-state index in [1.165, 1.54) is 0 Å². The summed E-state index contributed by atoms with van der Waals surface area (Å²) in [6, 6.07) is 5.63. The summed E-state index contributed by atoms with van der Waals surface area (Å²) in [5.41, 5.74) is 1.63. The molecule has 126 valence electrons. The van der Waals surface area contributed by atoms with E-state index in [0.717, 1.165) is 17.5 Å². The van der Waals surface area contributed by atoms with E-state index in [9.17, 15) is 13.2 Å². The number of sulfonamides is 1. The Labute approximate surface area is 138 Å². The van der Waals surface area contributed by atoms with Crippen molar-refractivity contribution in [2.45, 2.75) is 47.0 Å². The molecule has 2 bridgehead atoms. The molecule has 0 aliphatic heterocycles. The van der Waals surface area contributed by atoms with Crippen molar-refractivity contribution in [3.05, 3.63) is 29.3 Å². The zero-order valence-corrected chi connectivity index (χ0v) is 15.1. The molecule has 1 aromatic rings. The number of rotatable bonds is 4. The molecule has 0 unspecified atom stereocenters. The van der Waals surface area contributed by atoms with Crippen LogP contribution in [0, 0.1) is 30.6 Å². The average Bonchev–Trinajstić information content (AvgIpc) is 2.75. The standard InChI is InChI=1S/C18H25NO3S/c1-12-5-6-15(13(2)9-12)19-23(21,22)11-18-8-7-14(10-16(18)20)17(18,3)4/h5-6,9,14,19H,7-8,10-11H2,1-4H3/t14-,18-/m0/s1. The van der Waals surface area contributed by atoms with Gasteiger partial charge < -0.3 is 0 Å². The first-order valence-corrected chi connectivity index (χ1v) is 9.84. The van der Waals surface area contributed by atoms with Crippen LogP contribution in [-0.2, 0) is 14.8 Å². The second-order valence-corrected chi connectivity index (χ2v) is 9.57. The maximum atomic E-state index is 12.7. The number of hydrogen-bond donors (Lipinski definition) is 1. The van der Waals surface area contributed by atoms with Gasteiger partial charge in [-0.15, -0.1) is 0 Å². The molecule has 0 spiro atoms. The van der Waals surface area contributed by atoms with E-state index in [0.29, 0.717) is 24.4 Å². The van der Waals surface area contributed by atoms with Crippen LogP contribution < -0.4 is 4.72 Å². The molecule has 1 aromatic carbocycles. The SMILES string of the molecule is Cc1ccc(NS(=O)(=O)C[C@@]23CC[C@@H](CC2=O)C3(C)C)c(C)c1. The molecule has 23 heavy (non-hydrogen) atoms. The zero-order chi connectivity index (χ0) is 17.0. The van der Waals surface area contributed by atoms with Gasteiger partial charge in [-0.3, -0.25) is 9.52 Å². The van der Waals surface area contributed by atoms with Gasteiger partial charge in [-0.25, -0.2) is 8.42 Å². The fraction of sp³-hybridized carbons (Fsp3) is 0.611. The summed E-state index contributed by atoms with van der Waals surface area (Å²) in [6.07, 6.45) is 2.18. The summed E-state index contributed by atoms with van der Waals surface area (Å²) < 4.78 is 28.2. The largest absolute Gasteiger partial charge is 0.299 e. The van der Waals surface area contributed by atoms with Crippen LogP contribution >= 0.6 is 0 Å². The zero-order valence-electron chi connectivity index (χ0n) is 14.3. The van der Waals surface area contributed by atoms with Gasteiger partial charge in [0.1, 0.15) is 5.78 Å². The van der Waals surface area contributed by atoms with E-state index in [1.807, 2.05) is 26.0 Å². The van der Waals surface area contributed by atoms with Gasteiger partial charge in [0.05, 0.1) is 16.9 Å². The molecule has 3 rings (SSSR count). The van der Waals surface area contributed by atoms with E-state index in [-0.39, 0.29) is 17.0 Å². The molecule has 5 heteroatoms. The molecule has 0 saturated heterocycles. The van der Waals surface area contributed by atoms with E-state index in [2.05, 4.69) is 18.6 Å². The summed E-state index contributed by atoms with van der Waals surface area (Å²) in [5, 5.41) is 0. The number of ketones is 1. The van der Waals surface area contributed by atoms with Crippen LogP contribution in [0.3, 0.4) is 0 Å². The minimum Gasteiger partial charge on any atom is -0.299 e. The Morgan fingerprint density at radius 1 is 1.26 bits per heavy atom. The molecule has 2 saturated carbocycles. The maximum Gasteiger partial charge on any atom is 0.233 e. The van der Waals surface area contributed by atoms with E-state index in [1.54, 1.807) is 6.07 Å². The first-order chi connectivity index (χ1) is 10.6. The van der Waals surface area contributed by atoms with E-state index in [4.69, 9.17) is 0 Å². The molecule has 1 N–H and O–H groups in total. The van der Waals surface area contributed by atoms with Crippen LogP contribution in [0.2, 0.25) is 0 Å². The van der Waals surface area contributed by atoms with Crippen molar-refractivity contribution in [3.63, 3.8) is 0 Å². The highest BCUT2D eigenvalue weighted by atomic mass is 32.2. The Balaban J connectivity index is 1.88. The van der Waals surface area contributed by atoms with Gasteiger partial charge in [-0.05, 0) is 49.7 Å². The molecule has 0 aromatic heterocycles. The smallest absolute Gasteiger partial charge is 0.233 e. The van der Waals surface area contributed by atoms with Crippen LogP contribution in [-0.4, -0.2) is 20.0 Å². The lowest BCUT2D eigenvalue weighted by Crippen LogP contribution is -2.43. The minimum absolute atomic E-state index is 0.102. The lowest BCUT2D eigenvalue weighted by molar-refractivity contribution is -0.128. The van der Waals surface area contributed by atoms with Crippen molar-refractivity contribution in [1.82, 2.24) is 0 Å². The number of fused-ring (bicyclic) bond motifs is 2. The second-order valence-electron chi connectivity index (χ2n) is 7.85. The van der Waals surface area contributed by atoms with Gasteiger partial charge in [0, 0.05) is 6.42 Å². The number of benzene rings is 1. The third-order valence-corrected chi connectivity index (χ3v) is 7.63. The summed E-state index contributed by atoms with van der Waals surface area (Å²) in [4.78, 5) is 12.5. The number of nitrogens with one attached hydrogen (secondary N) is 1. The maximum absolute atomic E-state index is 12.7. The Morgan fingerprint density at radius 3 is 2.48 bits per heavy atom. The fourth-order valence-corrected chi connectivity index (χ4v) is 6.53. The van der Waals surface area contributed by atoms with Crippen LogP contribution in [0.5, 0.6) is 0 Å². The highest BCUT2D eigenvalue weighted by Crippen LogP contribution is 2.64. The van der Waals surface area contributed by atoms with Crippen LogP contribution in [0.4, 0.5) is 5.69 Å². The number of carbonyl (C=O) groups excluding carboxylic acids is 1. The van der Waals surface area contributed by atoms with Gasteiger partial charge in [0.2, 0.25) is 10.0 Å². The molecule has 2 atom stereocenters. The second kappa shape index (κ2) is 5.07. The Morgan fingerprint density at radius 2 is 1.96 bits per heavy atom. The first-order valence-electron chi connectivity index (χ1n) is 8.18. The van der Waals surface area contributed by atoms with Gasteiger partial charge in [-0.1, -0.05) is 31.5 Å². The van der Waals surface area contributed by atoms with Gasteiger partial charge in [0.15, 0.2) is 0 Å². The molecule has 2 fully saturated rings. The van der Waals surface area contributed by atoms with E-state index >= 15 is 0 Å². The predicted octanol–water partition coefficient (Wildman–Crippen LogP) is 3.44. The minimum atomic E-state index is -3.57. The fourth-order valence-electron chi connectivity index (χ4n) is 4.56. The third-order valence-electron chi connectivity index (χ3n) is 6.22. The molecule has 0 heterocycles. The quantitative estimate of drug-likeness (QED) is 0.917. The molecule has 0 amide bonds.